The van der Waals surface area contributed by atoms with Crippen LogP contribution in [0.3, 0.4) is 0 Å². The number of anilines is 1. The Balaban J connectivity index is 0.000000244. The average molecular weight is 577 g/mol. The van der Waals surface area contributed by atoms with Crippen LogP contribution in [0, 0.1) is 5.82 Å². The Hall–Kier alpha value is -4.94. The molecule has 0 aliphatic rings. The van der Waals surface area contributed by atoms with Crippen LogP contribution in [0.15, 0.2) is 112 Å². The van der Waals surface area contributed by atoms with E-state index >= 15 is 0 Å². The number of fused-ring (bicyclic) bond motifs is 2. The molecular weight excluding hydrogens is 559 g/mol. The highest BCUT2D eigenvalue weighted by Crippen LogP contribution is 2.25. The van der Waals surface area contributed by atoms with Crippen LogP contribution in [0.1, 0.15) is 0 Å². The summed E-state index contributed by atoms with van der Waals surface area (Å²) in [7, 11) is -4.03. The van der Waals surface area contributed by atoms with Gasteiger partial charge in [-0.2, -0.15) is 0 Å². The molecule has 0 spiro atoms. The van der Waals surface area contributed by atoms with Gasteiger partial charge in [-0.1, -0.05) is 11.6 Å². The topological polar surface area (TPSA) is 140 Å². The van der Waals surface area contributed by atoms with Gasteiger partial charge >= 0.3 is 0 Å². The fourth-order valence-electron chi connectivity index (χ4n) is 3.75. The van der Waals surface area contributed by atoms with Crippen molar-refractivity contribution in [3.05, 3.63) is 129 Å². The maximum absolute atomic E-state index is 13.1. The number of aromatic amines is 1. The molecule has 10 nitrogen and oxygen atoms in total. The molecule has 200 valence electrons. The number of H-pyrrole nitrogens is 1. The van der Waals surface area contributed by atoms with Crippen LogP contribution in [0.2, 0.25) is 5.15 Å². The molecule has 1 aromatic carbocycles. The first-order valence-corrected chi connectivity index (χ1v) is 13.4. The van der Waals surface area contributed by atoms with Crippen LogP contribution < -0.4 is 15.8 Å². The quantitative estimate of drug-likeness (QED) is 0.298. The Morgan fingerprint density at radius 1 is 0.875 bits per heavy atom. The number of benzene rings is 1. The molecule has 5 heterocycles. The molecule has 0 amide bonds. The van der Waals surface area contributed by atoms with Gasteiger partial charge in [0.1, 0.15) is 5.82 Å². The molecule has 0 atom stereocenters. The highest BCUT2D eigenvalue weighted by Gasteiger charge is 2.17. The lowest BCUT2D eigenvalue weighted by Gasteiger charge is -2.12. The van der Waals surface area contributed by atoms with E-state index in [0.717, 1.165) is 29.8 Å². The van der Waals surface area contributed by atoms with Gasteiger partial charge < -0.3 is 4.98 Å². The minimum atomic E-state index is -4.03. The van der Waals surface area contributed by atoms with Crippen LogP contribution in [0.4, 0.5) is 10.1 Å². The number of sulfonamides is 1. The van der Waals surface area contributed by atoms with E-state index in [1.54, 1.807) is 55.0 Å². The second-order valence-electron chi connectivity index (χ2n) is 8.26. The third-order valence-electron chi connectivity index (χ3n) is 5.68. The molecule has 0 unspecified atom stereocenters. The first-order chi connectivity index (χ1) is 19.2. The van der Waals surface area contributed by atoms with Crippen molar-refractivity contribution in [3.63, 3.8) is 0 Å². The van der Waals surface area contributed by atoms with Gasteiger partial charge in [-0.15, -0.1) is 0 Å². The Morgan fingerprint density at radius 2 is 1.55 bits per heavy atom. The fourth-order valence-corrected chi connectivity index (χ4v) is 5.02. The van der Waals surface area contributed by atoms with Gasteiger partial charge in [-0.05, 0) is 66.7 Å². The Bertz CT molecular complexity index is 2080. The molecular formula is C27H18ClFN6O4S. The van der Waals surface area contributed by atoms with E-state index in [0.29, 0.717) is 22.0 Å². The van der Waals surface area contributed by atoms with Crippen molar-refractivity contribution in [2.45, 2.75) is 4.90 Å². The lowest BCUT2D eigenvalue weighted by Crippen LogP contribution is -2.19. The van der Waals surface area contributed by atoms with Crippen LogP contribution >= 0.6 is 11.6 Å². The molecule has 0 saturated heterocycles. The molecule has 2 N–H and O–H groups in total. The van der Waals surface area contributed by atoms with Crippen molar-refractivity contribution < 1.29 is 12.8 Å². The summed E-state index contributed by atoms with van der Waals surface area (Å²) >= 11 is 6.04. The summed E-state index contributed by atoms with van der Waals surface area (Å²) in [5.41, 5.74) is 1.13. The van der Waals surface area contributed by atoms with Gasteiger partial charge in [-0.3, -0.25) is 28.8 Å². The number of rotatable bonds is 4. The van der Waals surface area contributed by atoms with E-state index in [-0.39, 0.29) is 26.9 Å². The van der Waals surface area contributed by atoms with E-state index in [9.17, 15) is 22.4 Å². The first kappa shape index (κ1) is 26.7. The normalized spacial score (nSPS) is 11.2. The van der Waals surface area contributed by atoms with Crippen molar-refractivity contribution in [1.29, 1.82) is 0 Å². The minimum absolute atomic E-state index is 0.0216. The number of aromatic nitrogens is 5. The number of nitrogens with zero attached hydrogens (tertiary/aromatic N) is 4. The van der Waals surface area contributed by atoms with Crippen LogP contribution in [-0.2, 0) is 10.0 Å². The highest BCUT2D eigenvalue weighted by atomic mass is 35.5. The summed E-state index contributed by atoms with van der Waals surface area (Å²) < 4.78 is 41.8. The molecule has 0 aliphatic carbocycles. The summed E-state index contributed by atoms with van der Waals surface area (Å²) in [6.45, 7) is 0. The molecule has 6 rings (SSSR count). The standard InChI is InChI=1S/C19H12ClFN4O3S.C8H6N2O/c20-18-17(24-29(27,28)14-5-3-12(21)4-6-14)10-13(11-23-18)25-9-7-16-15(19(25)26)2-1-8-22-16;11-8-6-2-1-4-9-7(6)3-5-10-8/h1-11,24H;1-5H,(H,10,11). The van der Waals surface area contributed by atoms with Crippen molar-refractivity contribution >= 4 is 49.1 Å². The van der Waals surface area contributed by atoms with Gasteiger partial charge in [0, 0.05) is 24.8 Å². The van der Waals surface area contributed by atoms with Gasteiger partial charge in [0.15, 0.2) is 5.15 Å². The molecule has 0 saturated carbocycles. The molecule has 0 aliphatic heterocycles. The molecule has 6 aromatic rings. The lowest BCUT2D eigenvalue weighted by atomic mass is 10.2. The summed E-state index contributed by atoms with van der Waals surface area (Å²) in [6, 6.07) is 15.9. The van der Waals surface area contributed by atoms with Crippen LogP contribution in [0.25, 0.3) is 27.5 Å². The summed E-state index contributed by atoms with van der Waals surface area (Å²) in [5.74, 6) is -0.559. The SMILES string of the molecule is O=c1[nH]ccc2ncccc12.O=c1c2cccnc2ccn1-c1cnc(Cl)c(NS(=O)(=O)c2ccc(F)cc2)c1. The predicted molar refractivity (Wildman–Crippen MR) is 150 cm³/mol. The number of nitrogens with one attached hydrogen (secondary N) is 2. The van der Waals surface area contributed by atoms with Crippen molar-refractivity contribution in [2.24, 2.45) is 0 Å². The lowest BCUT2D eigenvalue weighted by molar-refractivity contribution is 0.599. The molecule has 40 heavy (non-hydrogen) atoms. The summed E-state index contributed by atoms with van der Waals surface area (Å²) in [4.78, 5) is 38.4. The largest absolute Gasteiger partial charge is 0.328 e. The molecule has 0 radical (unpaired) electrons. The summed E-state index contributed by atoms with van der Waals surface area (Å²) in [5, 5.41) is 0.934. The maximum Gasteiger partial charge on any atom is 0.264 e. The molecule has 0 bridgehead atoms. The second kappa shape index (κ2) is 11.0. The van der Waals surface area contributed by atoms with E-state index in [2.05, 4.69) is 24.7 Å². The van der Waals surface area contributed by atoms with E-state index < -0.39 is 15.8 Å². The maximum atomic E-state index is 13.1. The van der Waals surface area contributed by atoms with Gasteiger partial charge in [0.2, 0.25) is 0 Å². The average Bonchev–Trinajstić information content (AvgIpc) is 2.96. The number of pyridine rings is 5. The third-order valence-corrected chi connectivity index (χ3v) is 7.36. The fraction of sp³-hybridized carbons (Fsp3) is 0. The number of halogens is 2. The number of hydrogen-bond donors (Lipinski definition) is 2. The molecule has 13 heteroatoms. The first-order valence-electron chi connectivity index (χ1n) is 11.6. The monoisotopic (exact) mass is 576 g/mol. The van der Waals surface area contributed by atoms with Gasteiger partial charge in [0.05, 0.1) is 44.3 Å². The zero-order valence-electron chi connectivity index (χ0n) is 20.3. The Labute approximate surface area is 230 Å². The zero-order chi connectivity index (χ0) is 28.3. The third kappa shape index (κ3) is 5.58. The predicted octanol–water partition coefficient (Wildman–Crippen LogP) is 4.30. The minimum Gasteiger partial charge on any atom is -0.328 e. The van der Waals surface area contributed by atoms with Crippen molar-refractivity contribution in [3.8, 4) is 5.69 Å². The zero-order valence-corrected chi connectivity index (χ0v) is 21.9. The van der Waals surface area contributed by atoms with Crippen LogP contribution in [-0.4, -0.2) is 32.9 Å². The van der Waals surface area contributed by atoms with Gasteiger partial charge in [-0.25, -0.2) is 17.8 Å². The number of hydrogen-bond acceptors (Lipinski definition) is 7. The Kier molecular flexibility index (Phi) is 7.36. The van der Waals surface area contributed by atoms with Crippen molar-refractivity contribution in [1.82, 2.24) is 24.5 Å². The highest BCUT2D eigenvalue weighted by molar-refractivity contribution is 7.92. The smallest absolute Gasteiger partial charge is 0.264 e. The van der Waals surface area contributed by atoms with Crippen LogP contribution in [0.5, 0.6) is 0 Å². The van der Waals surface area contributed by atoms with Gasteiger partial charge in [0.25, 0.3) is 21.1 Å². The van der Waals surface area contributed by atoms with Crippen molar-refractivity contribution in [2.75, 3.05) is 4.72 Å². The Morgan fingerprint density at radius 3 is 2.25 bits per heavy atom. The van der Waals surface area contributed by atoms with E-state index in [1.807, 2.05) is 0 Å². The molecule has 0 fully saturated rings. The summed E-state index contributed by atoms with van der Waals surface area (Å²) in [6.07, 6.45) is 7.71. The second-order valence-corrected chi connectivity index (χ2v) is 10.3. The van der Waals surface area contributed by atoms with E-state index in [4.69, 9.17) is 11.6 Å². The molecule has 5 aromatic heterocycles. The van der Waals surface area contributed by atoms with E-state index in [1.165, 1.54) is 23.0 Å².